The Hall–Kier alpha value is -1.55. The molecule has 3 rings (SSSR count). The molecule has 144 valence electrons. The molecule has 0 unspecified atom stereocenters. The average Bonchev–Trinajstić information content (AvgIpc) is 2.65. The Bertz CT molecular complexity index is 778. The average molecular weight is 405 g/mol. The molecule has 0 atom stereocenters. The van der Waals surface area contributed by atoms with E-state index in [2.05, 4.69) is 30.1 Å². The maximum Gasteiger partial charge on any atom is 0.227 e. The lowest BCUT2D eigenvalue weighted by Crippen LogP contribution is -2.38. The molecule has 5 heteroatoms. The molecule has 1 saturated heterocycles. The Morgan fingerprint density at radius 1 is 1.07 bits per heavy atom. The van der Waals surface area contributed by atoms with E-state index in [1.165, 1.54) is 5.56 Å². The molecule has 2 aromatic rings. The minimum atomic E-state index is 0.0446. The smallest absolute Gasteiger partial charge is 0.227 e. The van der Waals surface area contributed by atoms with Crippen LogP contribution in [0.5, 0.6) is 0 Å². The lowest BCUT2D eigenvalue weighted by Gasteiger charge is -2.32. The number of amides is 1. The molecule has 1 fully saturated rings. The number of nitrogens with zero attached hydrogens (tertiary/aromatic N) is 1. The Morgan fingerprint density at radius 3 is 2.33 bits per heavy atom. The molecule has 0 spiro atoms. The molecule has 0 saturated carbocycles. The summed E-state index contributed by atoms with van der Waals surface area (Å²) >= 11 is 12.6. The Kier molecular flexibility index (Phi) is 6.80. The maximum absolute atomic E-state index is 12.7. The van der Waals surface area contributed by atoms with Crippen molar-refractivity contribution in [3.8, 4) is 0 Å². The van der Waals surface area contributed by atoms with Crippen molar-refractivity contribution < 1.29 is 4.79 Å². The van der Waals surface area contributed by atoms with Gasteiger partial charge in [-0.2, -0.15) is 0 Å². The van der Waals surface area contributed by atoms with Gasteiger partial charge < -0.3 is 5.32 Å². The highest BCUT2D eigenvalue weighted by Crippen LogP contribution is 2.29. The van der Waals surface area contributed by atoms with Gasteiger partial charge in [-0.05, 0) is 55.6 Å². The van der Waals surface area contributed by atoms with Crippen LogP contribution >= 0.6 is 23.2 Å². The second kappa shape index (κ2) is 9.09. The summed E-state index contributed by atoms with van der Waals surface area (Å²) in [7, 11) is 0. The normalized spacial score (nSPS) is 15.9. The summed E-state index contributed by atoms with van der Waals surface area (Å²) in [6.45, 7) is 6.74. The molecule has 1 N–H and O–H groups in total. The number of para-hydroxylation sites is 1. The van der Waals surface area contributed by atoms with Crippen molar-refractivity contribution in [1.29, 1.82) is 0 Å². The summed E-state index contributed by atoms with van der Waals surface area (Å²) in [5, 5.41) is 4.55. The van der Waals surface area contributed by atoms with E-state index in [1.807, 2.05) is 36.4 Å². The van der Waals surface area contributed by atoms with Gasteiger partial charge in [0.1, 0.15) is 0 Å². The van der Waals surface area contributed by atoms with E-state index in [9.17, 15) is 4.79 Å². The van der Waals surface area contributed by atoms with Gasteiger partial charge in [-0.15, -0.1) is 0 Å². The number of benzene rings is 2. The first-order valence-corrected chi connectivity index (χ1v) is 10.3. The summed E-state index contributed by atoms with van der Waals surface area (Å²) in [6, 6.07) is 13.7. The van der Waals surface area contributed by atoms with Crippen LogP contribution in [0.1, 0.15) is 43.7 Å². The molecule has 0 bridgehead atoms. The molecule has 27 heavy (non-hydrogen) atoms. The van der Waals surface area contributed by atoms with Crippen LogP contribution < -0.4 is 5.32 Å². The molecule has 0 aromatic heterocycles. The highest BCUT2D eigenvalue weighted by Gasteiger charge is 2.26. The van der Waals surface area contributed by atoms with E-state index < -0.39 is 0 Å². The van der Waals surface area contributed by atoms with Crippen molar-refractivity contribution in [3.05, 3.63) is 63.6 Å². The lowest BCUT2D eigenvalue weighted by atomic mass is 9.94. The van der Waals surface area contributed by atoms with Crippen LogP contribution in [-0.4, -0.2) is 23.9 Å². The molecule has 0 aliphatic carbocycles. The minimum absolute atomic E-state index is 0.0446. The van der Waals surface area contributed by atoms with Crippen LogP contribution in [0, 0.1) is 5.92 Å². The summed E-state index contributed by atoms with van der Waals surface area (Å²) < 4.78 is 0. The van der Waals surface area contributed by atoms with Gasteiger partial charge >= 0.3 is 0 Å². The van der Waals surface area contributed by atoms with Gasteiger partial charge in [0.15, 0.2) is 0 Å². The summed E-state index contributed by atoms with van der Waals surface area (Å²) in [5.74, 6) is 0.547. The third kappa shape index (κ3) is 5.04. The SMILES string of the molecule is CC(C)c1ccccc1NC(=O)C1CCN(Cc2c(Cl)cccc2Cl)CC1. The largest absolute Gasteiger partial charge is 0.326 e. The number of halogens is 2. The van der Waals surface area contributed by atoms with E-state index in [0.717, 1.165) is 43.7 Å². The van der Waals surface area contributed by atoms with Crippen molar-refractivity contribution in [2.75, 3.05) is 18.4 Å². The number of anilines is 1. The number of likely N-dealkylation sites (tertiary alicyclic amines) is 1. The van der Waals surface area contributed by atoms with E-state index in [-0.39, 0.29) is 11.8 Å². The second-order valence-corrected chi connectivity index (χ2v) is 8.30. The highest BCUT2D eigenvalue weighted by molar-refractivity contribution is 6.35. The zero-order valence-electron chi connectivity index (χ0n) is 15.8. The van der Waals surface area contributed by atoms with Crippen LogP contribution in [0.3, 0.4) is 0 Å². The number of hydrogen-bond acceptors (Lipinski definition) is 2. The first-order chi connectivity index (χ1) is 13.0. The van der Waals surface area contributed by atoms with E-state index in [1.54, 1.807) is 0 Å². The number of carbonyl (C=O) groups excluding carboxylic acids is 1. The molecule has 2 aromatic carbocycles. The molecule has 1 aliphatic heterocycles. The van der Waals surface area contributed by atoms with Crippen molar-refractivity contribution in [2.45, 2.75) is 39.2 Å². The van der Waals surface area contributed by atoms with Gasteiger partial charge in [-0.3, -0.25) is 9.69 Å². The van der Waals surface area contributed by atoms with Crippen molar-refractivity contribution >= 4 is 34.8 Å². The molecule has 0 radical (unpaired) electrons. The quantitative estimate of drug-likeness (QED) is 0.665. The second-order valence-electron chi connectivity index (χ2n) is 7.48. The maximum atomic E-state index is 12.7. The summed E-state index contributed by atoms with van der Waals surface area (Å²) in [4.78, 5) is 15.1. The van der Waals surface area contributed by atoms with Gasteiger partial charge in [-0.1, -0.05) is 61.3 Å². The van der Waals surface area contributed by atoms with Crippen molar-refractivity contribution in [3.63, 3.8) is 0 Å². The summed E-state index contributed by atoms with van der Waals surface area (Å²) in [6.07, 6.45) is 1.69. The lowest BCUT2D eigenvalue weighted by molar-refractivity contribution is -0.121. The predicted octanol–water partition coefficient (Wildman–Crippen LogP) is 5.97. The van der Waals surface area contributed by atoms with Crippen molar-refractivity contribution in [2.24, 2.45) is 5.92 Å². The van der Waals surface area contributed by atoms with Gasteiger partial charge in [0.05, 0.1) is 0 Å². The Labute approximate surface area is 171 Å². The monoisotopic (exact) mass is 404 g/mol. The fraction of sp³-hybridized carbons (Fsp3) is 0.409. The fourth-order valence-corrected chi connectivity index (χ4v) is 4.13. The molecular formula is C22H26Cl2N2O. The molecule has 1 heterocycles. The highest BCUT2D eigenvalue weighted by atomic mass is 35.5. The molecular weight excluding hydrogens is 379 g/mol. The molecule has 3 nitrogen and oxygen atoms in total. The Balaban J connectivity index is 1.57. The zero-order valence-corrected chi connectivity index (χ0v) is 17.4. The molecule has 1 amide bonds. The van der Waals surface area contributed by atoms with Gasteiger partial charge in [0.2, 0.25) is 5.91 Å². The number of piperidine rings is 1. The van der Waals surface area contributed by atoms with Crippen LogP contribution in [-0.2, 0) is 11.3 Å². The summed E-state index contributed by atoms with van der Waals surface area (Å²) in [5.41, 5.74) is 3.08. The van der Waals surface area contributed by atoms with E-state index in [4.69, 9.17) is 23.2 Å². The Morgan fingerprint density at radius 2 is 1.70 bits per heavy atom. The number of hydrogen-bond donors (Lipinski definition) is 1. The number of nitrogens with one attached hydrogen (secondary N) is 1. The van der Waals surface area contributed by atoms with Gasteiger partial charge in [0.25, 0.3) is 0 Å². The van der Waals surface area contributed by atoms with Crippen LogP contribution in [0.15, 0.2) is 42.5 Å². The first kappa shape index (κ1) is 20.2. The zero-order chi connectivity index (χ0) is 19.4. The van der Waals surface area contributed by atoms with Crippen molar-refractivity contribution in [1.82, 2.24) is 4.90 Å². The van der Waals surface area contributed by atoms with Gasteiger partial charge in [0, 0.05) is 33.8 Å². The van der Waals surface area contributed by atoms with Crippen LogP contribution in [0.25, 0.3) is 0 Å². The van der Waals surface area contributed by atoms with Gasteiger partial charge in [-0.25, -0.2) is 0 Å². The van der Waals surface area contributed by atoms with Crippen LogP contribution in [0.2, 0.25) is 10.0 Å². The predicted molar refractivity (Wildman–Crippen MR) is 114 cm³/mol. The number of carbonyl (C=O) groups is 1. The minimum Gasteiger partial charge on any atom is -0.326 e. The number of rotatable bonds is 5. The van der Waals surface area contributed by atoms with E-state index >= 15 is 0 Å². The van der Waals surface area contributed by atoms with E-state index in [0.29, 0.717) is 16.0 Å². The molecule has 1 aliphatic rings. The topological polar surface area (TPSA) is 32.3 Å². The fourth-order valence-electron chi connectivity index (χ4n) is 3.61. The van der Waals surface area contributed by atoms with Crippen LogP contribution in [0.4, 0.5) is 5.69 Å². The first-order valence-electron chi connectivity index (χ1n) is 9.50. The third-order valence-electron chi connectivity index (χ3n) is 5.24. The standard InChI is InChI=1S/C22H26Cl2N2O/c1-15(2)17-6-3-4-9-21(17)25-22(27)16-10-12-26(13-11-16)14-18-19(23)7-5-8-20(18)24/h3-9,15-16H,10-14H2,1-2H3,(H,25,27). The third-order valence-corrected chi connectivity index (χ3v) is 5.95.